The van der Waals surface area contributed by atoms with Crippen LogP contribution in [0.2, 0.25) is 0 Å². The van der Waals surface area contributed by atoms with Crippen molar-refractivity contribution in [2.45, 2.75) is 55.3 Å². The predicted octanol–water partition coefficient (Wildman–Crippen LogP) is -25.8. The molecule has 0 aromatic rings. The van der Waals surface area contributed by atoms with E-state index in [1.807, 2.05) is 0 Å². The Bertz CT molecular complexity index is 1670. The number of carboxylic acids is 9. The van der Waals surface area contributed by atoms with Gasteiger partial charge in [-0.05, 0) is 0 Å². The first-order valence-electron chi connectivity index (χ1n) is 13.7. The van der Waals surface area contributed by atoms with Crippen molar-refractivity contribution in [2.75, 3.05) is 0 Å². The molecule has 52 heteroatoms. The van der Waals surface area contributed by atoms with Crippen molar-refractivity contribution >= 4 is 101 Å². The first-order valence-corrected chi connectivity index (χ1v) is 22.5. The Morgan fingerprint density at radius 3 is 0.400 bits per heavy atom. The normalized spacial score (nSPS) is 11.4. The van der Waals surface area contributed by atoms with Gasteiger partial charge in [0.05, 0.1) is 64.8 Å². The van der Waals surface area contributed by atoms with E-state index in [2.05, 4.69) is 12.9 Å². The summed E-state index contributed by atoms with van der Waals surface area (Å²) in [5.74, 6) is -18.0. The number of aliphatic carboxylic acids is 9. The molecule has 0 amide bonds. The summed E-state index contributed by atoms with van der Waals surface area (Å²) in [6, 6.07) is 0. The van der Waals surface area contributed by atoms with E-state index in [0.29, 0.717) is 0 Å². The van der Waals surface area contributed by atoms with Gasteiger partial charge in [0.2, 0.25) is 0 Å². The summed E-state index contributed by atoms with van der Waals surface area (Å²) in [6.07, 6.45) is -8.15. The molecule has 70 heavy (non-hydrogen) atoms. The van der Waals surface area contributed by atoms with Gasteiger partial charge in [0.1, 0.15) is 16.8 Å². The summed E-state index contributed by atoms with van der Waals surface area (Å²) in [6.45, 7) is 0. The fraction of sp³-hybridized carbons (Fsp3) is 0.500. The van der Waals surface area contributed by atoms with Crippen molar-refractivity contribution in [3.63, 3.8) is 0 Å². The van der Waals surface area contributed by atoms with Crippen molar-refractivity contribution in [1.82, 2.24) is 0 Å². The Morgan fingerprint density at radius 2 is 0.371 bits per heavy atom. The topological polar surface area (TPSA) is 829 Å². The van der Waals surface area contributed by atoms with Crippen LogP contribution in [0.25, 0.3) is 0 Å². The number of phosphoric acid groups is 6. The minimum Gasteiger partial charge on any atom is -0.790 e. The third-order valence-electron chi connectivity index (χ3n) is 4.36. The Labute approximate surface area is 426 Å². The van der Waals surface area contributed by atoms with Crippen LogP contribution in [0.4, 0.5) is 0 Å². The molecule has 3 N–H and O–H groups in total. The fourth-order valence-electron chi connectivity index (χ4n) is 2.42. The van der Waals surface area contributed by atoms with Crippen LogP contribution in [0.1, 0.15) is 38.5 Å². The van der Waals surface area contributed by atoms with E-state index in [9.17, 15) is 175 Å². The molecule has 0 unspecified atom stereocenters. The molecule has 0 rings (SSSR count). The Morgan fingerprint density at radius 1 is 0.286 bits per heavy atom. The second-order valence-corrected chi connectivity index (χ2v) is 17.5. The standard InChI is InChI=1S/3C6H8O7.4Fe.3H4O7P2/c3*7-3(8)1-6(13,5(11)12)2-4(9)10;;;;;3*1-8(2,3)7-9(4,5)6/h3*13H,1-2H2,(H,7,8)(H,9,10)(H,11,12);;;;;3*(H2,1,2,3)(H2,4,5,6)/q;;;4*+3;;;/p-21. The largest absolute Gasteiger partial charge is 3.00 e. The maximum atomic E-state index is 10.1. The Kier molecular flexibility index (Phi) is 48.8. The van der Waals surface area contributed by atoms with E-state index in [4.69, 9.17) is 15.3 Å². The Balaban J connectivity index is -0.0000000769. The maximum Gasteiger partial charge on any atom is 3.00 e. The van der Waals surface area contributed by atoms with Gasteiger partial charge in [-0.3, -0.25) is 0 Å². The van der Waals surface area contributed by atoms with E-state index >= 15 is 0 Å². The second kappa shape index (κ2) is 37.7. The van der Waals surface area contributed by atoms with Gasteiger partial charge in [0, 0.05) is 74.3 Å². The summed E-state index contributed by atoms with van der Waals surface area (Å²) in [7, 11) is -34.1. The van der Waals surface area contributed by atoms with Crippen molar-refractivity contribution in [3.8, 4) is 0 Å². The third kappa shape index (κ3) is 68.0. The molecule has 410 valence electrons. The summed E-state index contributed by atoms with van der Waals surface area (Å²) < 4.78 is 63.5. The number of rotatable bonds is 21. The van der Waals surface area contributed by atoms with E-state index < -0.39 is 156 Å². The maximum absolute atomic E-state index is 10.1. The van der Waals surface area contributed by atoms with E-state index in [-0.39, 0.29) is 68.3 Å². The molecular formula is C18H15Fe4O42P6-9. The van der Waals surface area contributed by atoms with Gasteiger partial charge in [-0.2, -0.15) is 0 Å². The molecule has 0 aromatic carbocycles. The van der Waals surface area contributed by atoms with Gasteiger partial charge >= 0.3 is 68.3 Å². The summed E-state index contributed by atoms with van der Waals surface area (Å²) in [5, 5.41) is 117. The average Bonchev–Trinajstić information content (AvgIpc) is 2.90. The van der Waals surface area contributed by atoms with Gasteiger partial charge in [-0.1, -0.05) is 0 Å². The molecule has 0 aliphatic carbocycles. The number of carbonyl (C=O) groups is 9. The minimum atomic E-state index is -5.68. The quantitative estimate of drug-likeness (QED) is 0.0709. The van der Waals surface area contributed by atoms with Gasteiger partial charge in [0.25, 0.3) is 0 Å². The van der Waals surface area contributed by atoms with E-state index in [1.54, 1.807) is 0 Å². The van der Waals surface area contributed by atoms with Crippen molar-refractivity contribution in [2.24, 2.45) is 0 Å². The van der Waals surface area contributed by atoms with Gasteiger partial charge in [-0.15, -0.1) is 0 Å². The van der Waals surface area contributed by atoms with Crippen molar-refractivity contribution in [3.05, 3.63) is 0 Å². The van der Waals surface area contributed by atoms with Crippen LogP contribution in [0.3, 0.4) is 0 Å². The smallest absolute Gasteiger partial charge is 0.790 e. The molecule has 0 aliphatic heterocycles. The van der Waals surface area contributed by atoms with Crippen LogP contribution >= 0.6 is 46.9 Å². The molecule has 0 atom stereocenters. The molecule has 0 aliphatic rings. The number of carboxylic acid groups (broad SMARTS) is 9. The monoisotopic (exact) mass is 1310 g/mol. The zero-order chi connectivity index (χ0) is 55.1. The second-order valence-electron chi connectivity index (χ2n) is 10.2. The SMILES string of the molecule is O=C([O-])CC(O)(CC(=O)[O-])C(=O)[O-].O=C([O-])CC(O)(CC(=O)[O-])C(=O)[O-].O=C([O-])CC(O)(CC(=O)[O-])C(=O)[O-].O=P([O-])([O-])OP(=O)([O-])[O-].O=P([O-])([O-])OP(=O)([O-])[O-].O=P([O-])([O-])OP(=O)([O-])[O-].[Fe+3].[Fe+3].[Fe+3].[Fe+3]. The summed E-state index contributed by atoms with van der Waals surface area (Å²) in [5.41, 5.74) is -8.92. The molecule has 0 spiro atoms. The van der Waals surface area contributed by atoms with Crippen molar-refractivity contribution < 1.29 is 272 Å². The number of hydrogen-bond acceptors (Lipinski definition) is 42. The zero-order valence-corrected chi connectivity index (χ0v) is 41.4. The molecule has 4 radical (unpaired) electrons. The van der Waals surface area contributed by atoms with Crippen molar-refractivity contribution in [1.29, 1.82) is 0 Å². The first kappa shape index (κ1) is 90.7. The average molecular weight is 1310 g/mol. The predicted molar refractivity (Wildman–Crippen MR) is 137 cm³/mol. The minimum absolute atomic E-state index is 0. The van der Waals surface area contributed by atoms with Crippen LogP contribution in [-0.4, -0.2) is 85.8 Å². The molecule has 42 nitrogen and oxygen atoms in total. The molecule has 0 bridgehead atoms. The van der Waals surface area contributed by atoms with E-state index in [0.717, 1.165) is 0 Å². The van der Waals surface area contributed by atoms with Crippen LogP contribution in [0, 0.1) is 0 Å². The third-order valence-corrected chi connectivity index (χ3v) is 9.16. The molecule has 0 aromatic heterocycles. The molecular weight excluding hydrogens is 1300 g/mol. The molecule has 0 saturated carbocycles. The molecule has 0 fully saturated rings. The van der Waals surface area contributed by atoms with Crippen LogP contribution in [-0.2, 0) is 152 Å². The van der Waals surface area contributed by atoms with Crippen LogP contribution < -0.4 is 105 Å². The summed E-state index contributed by atoms with van der Waals surface area (Å²) in [4.78, 5) is 202. The number of hydrogen-bond donors (Lipinski definition) is 3. The Hall–Kier alpha value is -2.03. The van der Waals surface area contributed by atoms with Gasteiger partial charge < -0.3 is 203 Å². The van der Waals surface area contributed by atoms with Crippen LogP contribution in [0.15, 0.2) is 0 Å². The molecule has 0 heterocycles. The molecule has 0 saturated heterocycles. The zero-order valence-electron chi connectivity index (χ0n) is 31.6. The van der Waals surface area contributed by atoms with Gasteiger partial charge in [-0.25, -0.2) is 0 Å². The van der Waals surface area contributed by atoms with Crippen LogP contribution in [0.5, 0.6) is 0 Å². The van der Waals surface area contributed by atoms with E-state index in [1.165, 1.54) is 0 Å². The van der Waals surface area contributed by atoms with Gasteiger partial charge in [0.15, 0.2) is 0 Å². The summed E-state index contributed by atoms with van der Waals surface area (Å²) >= 11 is 0. The fourth-order valence-corrected chi connectivity index (χ4v) is 5.36. The first-order chi connectivity index (χ1) is 28.5. The number of aliphatic hydroxyl groups is 3. The number of carbonyl (C=O) groups excluding carboxylic acids is 9.